The summed E-state index contributed by atoms with van der Waals surface area (Å²) in [5.74, 6) is -2.74. The van der Waals surface area contributed by atoms with Gasteiger partial charge in [0, 0.05) is 6.54 Å². The van der Waals surface area contributed by atoms with Crippen LogP contribution in [0, 0.1) is 5.82 Å². The zero-order valence-corrected chi connectivity index (χ0v) is 14.9. The summed E-state index contributed by atoms with van der Waals surface area (Å²) in [6.45, 7) is -0.308. The molecule has 0 atom stereocenters. The molecule has 0 fully saturated rings. The molecule has 0 aromatic heterocycles. The molecule has 0 saturated carbocycles. The molecule has 3 amide bonds. The number of hydrogen-bond donors (Lipinski definition) is 2. The van der Waals surface area contributed by atoms with Crippen LogP contribution in [0.5, 0.6) is 0 Å². The third-order valence-electron chi connectivity index (χ3n) is 3.87. The molecular formula is C18H20ClFN2O4. The lowest BCUT2D eigenvalue weighted by molar-refractivity contribution is -0.123. The van der Waals surface area contributed by atoms with Crippen LogP contribution in [0.1, 0.15) is 42.5 Å². The van der Waals surface area contributed by atoms with E-state index in [0.717, 1.165) is 31.7 Å². The first-order chi connectivity index (χ1) is 12.5. The second kappa shape index (κ2) is 9.91. The minimum absolute atomic E-state index is 0.120. The highest BCUT2D eigenvalue weighted by Gasteiger charge is 2.19. The van der Waals surface area contributed by atoms with Crippen LogP contribution in [0.15, 0.2) is 29.8 Å². The minimum atomic E-state index is -1.08. The van der Waals surface area contributed by atoms with Crippen LogP contribution in [-0.4, -0.2) is 31.1 Å². The number of esters is 1. The normalized spacial score (nSPS) is 13.5. The first-order valence-corrected chi connectivity index (χ1v) is 8.72. The van der Waals surface area contributed by atoms with Crippen molar-refractivity contribution in [3.05, 3.63) is 46.3 Å². The van der Waals surface area contributed by atoms with E-state index in [9.17, 15) is 18.8 Å². The van der Waals surface area contributed by atoms with Crippen LogP contribution in [0.3, 0.4) is 0 Å². The molecule has 1 aromatic rings. The van der Waals surface area contributed by atoms with Crippen molar-refractivity contribution in [3.63, 3.8) is 0 Å². The van der Waals surface area contributed by atoms with Gasteiger partial charge in [-0.25, -0.2) is 14.0 Å². The fourth-order valence-electron chi connectivity index (χ4n) is 2.57. The molecule has 8 heteroatoms. The van der Waals surface area contributed by atoms with Gasteiger partial charge in [0.2, 0.25) is 0 Å². The smallest absolute Gasteiger partial charge is 0.343 e. The Morgan fingerprint density at radius 2 is 2.04 bits per heavy atom. The zero-order chi connectivity index (χ0) is 18.9. The lowest BCUT2D eigenvalue weighted by Crippen LogP contribution is -2.41. The van der Waals surface area contributed by atoms with E-state index in [4.69, 9.17) is 11.6 Å². The molecule has 1 aliphatic rings. The zero-order valence-electron chi connectivity index (χ0n) is 14.1. The molecule has 0 radical (unpaired) electrons. The van der Waals surface area contributed by atoms with Crippen LogP contribution in [-0.2, 0) is 9.53 Å². The number of amides is 3. The van der Waals surface area contributed by atoms with Gasteiger partial charge in [-0.2, -0.15) is 0 Å². The third kappa shape index (κ3) is 6.15. The monoisotopic (exact) mass is 382 g/mol. The third-order valence-corrected chi connectivity index (χ3v) is 4.19. The van der Waals surface area contributed by atoms with E-state index in [1.165, 1.54) is 24.1 Å². The predicted molar refractivity (Wildman–Crippen MR) is 94.4 cm³/mol. The number of carbonyl (C=O) groups excluding carboxylic acids is 3. The summed E-state index contributed by atoms with van der Waals surface area (Å²) in [5.41, 5.74) is 0.853. The number of rotatable bonds is 6. The average Bonchev–Trinajstić information content (AvgIpc) is 2.60. The Labute approximate surface area is 155 Å². The largest absolute Gasteiger partial charge is 0.452 e. The molecule has 0 bridgehead atoms. The van der Waals surface area contributed by atoms with Gasteiger partial charge in [0.05, 0.1) is 5.02 Å². The van der Waals surface area contributed by atoms with Crippen LogP contribution in [0.4, 0.5) is 9.18 Å². The van der Waals surface area contributed by atoms with E-state index in [2.05, 4.69) is 16.1 Å². The topological polar surface area (TPSA) is 84.5 Å². The van der Waals surface area contributed by atoms with E-state index in [0.29, 0.717) is 6.54 Å². The number of hydrogen-bond acceptors (Lipinski definition) is 4. The summed E-state index contributed by atoms with van der Waals surface area (Å²) >= 11 is 5.74. The SMILES string of the molecule is O=C(COC(=O)c1c(F)cccc1Cl)NC(=O)NCCC1=CCCCC1. The number of urea groups is 1. The maximum absolute atomic E-state index is 13.6. The second-order valence-electron chi connectivity index (χ2n) is 5.84. The van der Waals surface area contributed by atoms with Crippen LogP contribution in [0.2, 0.25) is 5.02 Å². The summed E-state index contributed by atoms with van der Waals surface area (Å²) in [6.07, 6.45) is 7.38. The van der Waals surface area contributed by atoms with Crippen molar-refractivity contribution in [2.75, 3.05) is 13.2 Å². The molecule has 0 unspecified atom stereocenters. The van der Waals surface area contributed by atoms with Crippen LogP contribution < -0.4 is 10.6 Å². The lowest BCUT2D eigenvalue weighted by Gasteiger charge is -2.13. The molecule has 1 aliphatic carbocycles. The fraction of sp³-hybridized carbons (Fsp3) is 0.389. The number of benzene rings is 1. The predicted octanol–water partition coefficient (Wildman–Crippen LogP) is 3.35. The van der Waals surface area contributed by atoms with E-state index in [1.54, 1.807) is 0 Å². The highest BCUT2D eigenvalue weighted by atomic mass is 35.5. The Morgan fingerprint density at radius 3 is 2.73 bits per heavy atom. The van der Waals surface area contributed by atoms with E-state index < -0.39 is 35.9 Å². The molecule has 2 rings (SSSR count). The summed E-state index contributed by atoms with van der Waals surface area (Å²) in [6, 6.07) is 3.05. The summed E-state index contributed by atoms with van der Waals surface area (Å²) in [4.78, 5) is 35.1. The van der Waals surface area contributed by atoms with Gasteiger partial charge in [0.15, 0.2) is 6.61 Å². The Morgan fingerprint density at radius 1 is 1.23 bits per heavy atom. The van der Waals surface area contributed by atoms with Crippen molar-refractivity contribution in [1.82, 2.24) is 10.6 Å². The Balaban J connectivity index is 1.70. The van der Waals surface area contributed by atoms with Gasteiger partial charge in [-0.15, -0.1) is 0 Å². The van der Waals surface area contributed by atoms with E-state index in [1.807, 2.05) is 5.32 Å². The van der Waals surface area contributed by atoms with E-state index >= 15 is 0 Å². The summed E-state index contributed by atoms with van der Waals surface area (Å²) in [5, 5.41) is 4.49. The fourth-order valence-corrected chi connectivity index (χ4v) is 2.81. The van der Waals surface area contributed by atoms with Crippen LogP contribution >= 0.6 is 11.6 Å². The van der Waals surface area contributed by atoms with Crippen molar-refractivity contribution in [2.24, 2.45) is 0 Å². The first kappa shape index (κ1) is 19.9. The second-order valence-corrected chi connectivity index (χ2v) is 6.24. The highest BCUT2D eigenvalue weighted by molar-refractivity contribution is 6.33. The maximum atomic E-state index is 13.6. The molecule has 140 valence electrons. The summed E-state index contributed by atoms with van der Waals surface area (Å²) < 4.78 is 18.3. The molecule has 6 nitrogen and oxygen atoms in total. The van der Waals surface area contributed by atoms with Crippen molar-refractivity contribution in [2.45, 2.75) is 32.1 Å². The first-order valence-electron chi connectivity index (χ1n) is 8.34. The molecule has 0 saturated heterocycles. The van der Waals surface area contributed by atoms with Crippen molar-refractivity contribution in [3.8, 4) is 0 Å². The molecular weight excluding hydrogens is 363 g/mol. The number of carbonyl (C=O) groups is 3. The summed E-state index contributed by atoms with van der Waals surface area (Å²) in [7, 11) is 0. The highest BCUT2D eigenvalue weighted by Crippen LogP contribution is 2.20. The van der Waals surface area contributed by atoms with Gasteiger partial charge in [0.1, 0.15) is 11.4 Å². The molecule has 1 aromatic carbocycles. The van der Waals surface area contributed by atoms with Gasteiger partial charge in [-0.05, 0) is 44.2 Å². The minimum Gasteiger partial charge on any atom is -0.452 e. The Kier molecular flexibility index (Phi) is 7.59. The standard InChI is InChI=1S/C18H20ClFN2O4/c19-13-7-4-8-14(20)16(13)17(24)26-11-15(23)22-18(25)21-10-9-12-5-2-1-3-6-12/h4-5,7-8H,1-3,6,9-11H2,(H2,21,22,23,25). The number of allylic oxidation sites excluding steroid dienone is 1. The number of halogens is 2. The molecule has 0 spiro atoms. The van der Waals surface area contributed by atoms with Gasteiger partial charge < -0.3 is 10.1 Å². The molecule has 0 heterocycles. The number of imide groups is 1. The Hall–Kier alpha value is -2.41. The van der Waals surface area contributed by atoms with Crippen molar-refractivity contribution < 1.29 is 23.5 Å². The van der Waals surface area contributed by atoms with Gasteiger partial charge in [0.25, 0.3) is 5.91 Å². The van der Waals surface area contributed by atoms with Crippen molar-refractivity contribution >= 4 is 29.5 Å². The van der Waals surface area contributed by atoms with Gasteiger partial charge in [-0.3, -0.25) is 10.1 Å². The number of nitrogens with one attached hydrogen (secondary N) is 2. The molecule has 2 N–H and O–H groups in total. The average molecular weight is 383 g/mol. The van der Waals surface area contributed by atoms with Gasteiger partial charge >= 0.3 is 12.0 Å². The lowest BCUT2D eigenvalue weighted by atomic mass is 9.97. The van der Waals surface area contributed by atoms with Gasteiger partial charge in [-0.1, -0.05) is 29.3 Å². The van der Waals surface area contributed by atoms with E-state index in [-0.39, 0.29) is 5.02 Å². The Bertz CT molecular complexity index is 701. The quantitative estimate of drug-likeness (QED) is 0.583. The molecule has 0 aliphatic heterocycles. The molecule has 26 heavy (non-hydrogen) atoms. The number of ether oxygens (including phenoxy) is 1. The van der Waals surface area contributed by atoms with Crippen molar-refractivity contribution in [1.29, 1.82) is 0 Å². The maximum Gasteiger partial charge on any atom is 0.343 e. The van der Waals surface area contributed by atoms with Crippen LogP contribution in [0.25, 0.3) is 0 Å².